The molecular weight excluding hydrogens is 318 g/mol. The van der Waals surface area contributed by atoms with Gasteiger partial charge in [-0.25, -0.2) is 0 Å². The monoisotopic (exact) mass is 345 g/mol. The molecule has 136 valence electrons. The summed E-state index contributed by atoms with van der Waals surface area (Å²) in [7, 11) is 2.16. The van der Waals surface area contributed by atoms with E-state index in [1.54, 1.807) is 12.4 Å². The zero-order valence-electron chi connectivity index (χ0n) is 14.9. The highest BCUT2D eigenvalue weighted by Crippen LogP contribution is 2.15. The molecule has 1 N–H and O–H groups in total. The van der Waals surface area contributed by atoms with Gasteiger partial charge in [-0.15, -0.1) is 0 Å². The molecule has 2 aliphatic heterocycles. The van der Waals surface area contributed by atoms with Crippen LogP contribution >= 0.6 is 0 Å². The van der Waals surface area contributed by atoms with Crippen molar-refractivity contribution in [3.63, 3.8) is 0 Å². The summed E-state index contributed by atoms with van der Waals surface area (Å²) in [5, 5.41) is 6.51. The van der Waals surface area contributed by atoms with Crippen LogP contribution in [0.1, 0.15) is 23.2 Å². The molecule has 0 saturated carbocycles. The Morgan fingerprint density at radius 3 is 2.68 bits per heavy atom. The van der Waals surface area contributed by atoms with Crippen molar-refractivity contribution in [2.24, 2.45) is 0 Å². The van der Waals surface area contributed by atoms with Crippen molar-refractivity contribution in [1.82, 2.24) is 24.9 Å². The SMILES string of the molecule is CN1CCN(CC#CCOC2CCN(C(=O)c3cn[nH]c3)CC2)CC1. The molecule has 0 bridgehead atoms. The van der Waals surface area contributed by atoms with E-state index in [-0.39, 0.29) is 12.0 Å². The highest BCUT2D eigenvalue weighted by atomic mass is 16.5. The van der Waals surface area contributed by atoms with Gasteiger partial charge in [-0.3, -0.25) is 14.8 Å². The predicted molar refractivity (Wildman–Crippen MR) is 95.2 cm³/mol. The summed E-state index contributed by atoms with van der Waals surface area (Å²) in [5.74, 6) is 6.38. The molecule has 1 aromatic heterocycles. The lowest BCUT2D eigenvalue weighted by molar-refractivity contribution is 0.0230. The highest BCUT2D eigenvalue weighted by molar-refractivity contribution is 5.93. The number of nitrogens with one attached hydrogen (secondary N) is 1. The fraction of sp³-hybridized carbons (Fsp3) is 0.667. The number of hydrogen-bond acceptors (Lipinski definition) is 5. The van der Waals surface area contributed by atoms with E-state index in [2.05, 4.69) is 38.9 Å². The molecule has 3 heterocycles. The van der Waals surface area contributed by atoms with Crippen molar-refractivity contribution < 1.29 is 9.53 Å². The summed E-state index contributed by atoms with van der Waals surface area (Å²) in [6.07, 6.45) is 5.14. The number of H-pyrrole nitrogens is 1. The maximum absolute atomic E-state index is 12.2. The number of aromatic nitrogens is 2. The first-order chi connectivity index (χ1) is 12.2. The Morgan fingerprint density at radius 1 is 1.24 bits per heavy atom. The van der Waals surface area contributed by atoms with Crippen LogP contribution < -0.4 is 0 Å². The maximum atomic E-state index is 12.2. The lowest BCUT2D eigenvalue weighted by Crippen LogP contribution is -2.44. The van der Waals surface area contributed by atoms with E-state index in [1.807, 2.05) is 4.90 Å². The van der Waals surface area contributed by atoms with Crippen LogP contribution in [0.5, 0.6) is 0 Å². The minimum atomic E-state index is 0.0409. The lowest BCUT2D eigenvalue weighted by atomic mass is 10.1. The Kier molecular flexibility index (Phi) is 6.45. The first-order valence-electron chi connectivity index (χ1n) is 8.98. The number of ether oxygens (including phenoxy) is 1. The number of nitrogens with zero attached hydrogens (tertiary/aromatic N) is 4. The fourth-order valence-corrected chi connectivity index (χ4v) is 3.16. The van der Waals surface area contributed by atoms with Crippen molar-refractivity contribution >= 4 is 5.91 Å². The molecule has 2 aliphatic rings. The van der Waals surface area contributed by atoms with Crippen LogP contribution in [-0.2, 0) is 4.74 Å². The van der Waals surface area contributed by atoms with Crippen LogP contribution in [0.3, 0.4) is 0 Å². The molecule has 3 rings (SSSR count). The standard InChI is InChI=1S/C18H27N5O2/c1-21-9-11-22(12-10-21)6-2-3-13-25-17-4-7-23(8-5-17)18(24)16-14-19-20-15-16/h14-15,17H,4-13H2,1H3,(H,19,20). The van der Waals surface area contributed by atoms with E-state index in [4.69, 9.17) is 4.74 Å². The molecule has 0 aliphatic carbocycles. The van der Waals surface area contributed by atoms with Crippen molar-refractivity contribution in [2.75, 3.05) is 59.5 Å². The number of piperazine rings is 1. The van der Waals surface area contributed by atoms with Gasteiger partial charge in [0, 0.05) is 45.5 Å². The average Bonchev–Trinajstić information content (AvgIpc) is 3.18. The lowest BCUT2D eigenvalue weighted by Gasteiger charge is -2.31. The molecule has 1 amide bonds. The third-order valence-corrected chi connectivity index (χ3v) is 4.89. The van der Waals surface area contributed by atoms with Gasteiger partial charge in [-0.1, -0.05) is 11.8 Å². The van der Waals surface area contributed by atoms with Crippen molar-refractivity contribution in [1.29, 1.82) is 0 Å². The van der Waals surface area contributed by atoms with E-state index in [0.29, 0.717) is 12.2 Å². The zero-order chi connectivity index (χ0) is 17.5. The molecule has 0 aromatic carbocycles. The number of likely N-dealkylation sites (N-methyl/N-ethyl adjacent to an activating group) is 1. The number of carbonyl (C=O) groups is 1. The molecular formula is C18H27N5O2. The summed E-state index contributed by atoms with van der Waals surface area (Å²) in [5.41, 5.74) is 0.620. The number of carbonyl (C=O) groups excluding carboxylic acids is 1. The highest BCUT2D eigenvalue weighted by Gasteiger charge is 2.24. The Hall–Kier alpha value is -1.88. The molecule has 0 radical (unpaired) electrons. The van der Waals surface area contributed by atoms with Crippen molar-refractivity contribution in [3.05, 3.63) is 18.0 Å². The van der Waals surface area contributed by atoms with Crippen LogP contribution in [0.25, 0.3) is 0 Å². The molecule has 7 nitrogen and oxygen atoms in total. The Morgan fingerprint density at radius 2 is 2.00 bits per heavy atom. The number of amides is 1. The Bertz CT molecular complexity index is 591. The summed E-state index contributed by atoms with van der Waals surface area (Å²) in [4.78, 5) is 18.8. The quantitative estimate of drug-likeness (QED) is 0.794. The molecule has 2 saturated heterocycles. The van der Waals surface area contributed by atoms with Gasteiger partial charge in [0.1, 0.15) is 6.61 Å². The first kappa shape index (κ1) is 17.9. The minimum absolute atomic E-state index is 0.0409. The van der Waals surface area contributed by atoms with Crippen molar-refractivity contribution in [2.45, 2.75) is 18.9 Å². The number of aromatic amines is 1. The average molecular weight is 345 g/mol. The fourth-order valence-electron chi connectivity index (χ4n) is 3.16. The number of likely N-dealkylation sites (tertiary alicyclic amines) is 1. The molecule has 7 heteroatoms. The third kappa shape index (κ3) is 5.30. The summed E-state index contributed by atoms with van der Waals surface area (Å²) < 4.78 is 5.85. The van der Waals surface area contributed by atoms with Gasteiger partial charge in [-0.05, 0) is 19.9 Å². The van der Waals surface area contributed by atoms with Crippen molar-refractivity contribution in [3.8, 4) is 11.8 Å². The molecule has 0 atom stereocenters. The van der Waals surface area contributed by atoms with E-state index >= 15 is 0 Å². The predicted octanol–water partition coefficient (Wildman–Crippen LogP) is 0.282. The van der Waals surface area contributed by atoms with Gasteiger partial charge in [-0.2, -0.15) is 5.10 Å². The number of rotatable bonds is 4. The van der Waals surface area contributed by atoms with E-state index in [0.717, 1.165) is 58.7 Å². The molecule has 1 aromatic rings. The number of hydrogen-bond donors (Lipinski definition) is 1. The smallest absolute Gasteiger partial charge is 0.257 e. The zero-order valence-corrected chi connectivity index (χ0v) is 14.9. The molecule has 0 unspecified atom stereocenters. The van der Waals surface area contributed by atoms with Gasteiger partial charge in [0.2, 0.25) is 0 Å². The Labute approximate surface area is 149 Å². The van der Waals surface area contributed by atoms with E-state index in [9.17, 15) is 4.79 Å². The number of piperidine rings is 1. The van der Waals surface area contributed by atoms with Crippen LogP contribution in [-0.4, -0.2) is 96.4 Å². The second kappa shape index (κ2) is 8.99. The maximum Gasteiger partial charge on any atom is 0.257 e. The first-order valence-corrected chi connectivity index (χ1v) is 8.98. The van der Waals surface area contributed by atoms with Crippen LogP contribution in [0.2, 0.25) is 0 Å². The van der Waals surface area contributed by atoms with Gasteiger partial charge in [0.25, 0.3) is 5.91 Å². The summed E-state index contributed by atoms with van der Waals surface area (Å²) in [6, 6.07) is 0. The second-order valence-corrected chi connectivity index (χ2v) is 6.72. The van der Waals surface area contributed by atoms with Crippen LogP contribution in [0.4, 0.5) is 0 Å². The van der Waals surface area contributed by atoms with Crippen LogP contribution in [0, 0.1) is 11.8 Å². The second-order valence-electron chi connectivity index (χ2n) is 6.72. The minimum Gasteiger partial charge on any atom is -0.365 e. The van der Waals surface area contributed by atoms with Crippen LogP contribution in [0.15, 0.2) is 12.4 Å². The van der Waals surface area contributed by atoms with Gasteiger partial charge in [0.15, 0.2) is 0 Å². The van der Waals surface area contributed by atoms with E-state index < -0.39 is 0 Å². The van der Waals surface area contributed by atoms with Gasteiger partial charge >= 0.3 is 0 Å². The third-order valence-electron chi connectivity index (χ3n) is 4.89. The van der Waals surface area contributed by atoms with Gasteiger partial charge < -0.3 is 14.5 Å². The topological polar surface area (TPSA) is 64.7 Å². The molecule has 25 heavy (non-hydrogen) atoms. The van der Waals surface area contributed by atoms with Gasteiger partial charge in [0.05, 0.1) is 24.4 Å². The van der Waals surface area contributed by atoms with E-state index in [1.165, 1.54) is 0 Å². The Balaban J connectivity index is 1.31. The molecule has 0 spiro atoms. The largest absolute Gasteiger partial charge is 0.365 e. The molecule has 2 fully saturated rings. The normalized spacial score (nSPS) is 20.3. The summed E-state index contributed by atoms with van der Waals surface area (Å²) in [6.45, 7) is 7.18. The summed E-state index contributed by atoms with van der Waals surface area (Å²) >= 11 is 0.